The van der Waals surface area contributed by atoms with Crippen LogP contribution in [-0.2, 0) is 0 Å². The van der Waals surface area contributed by atoms with E-state index in [2.05, 4.69) is 9.97 Å². The lowest BCUT2D eigenvalue weighted by Gasteiger charge is -2.08. The Hall–Kier alpha value is -2.90. The Bertz CT molecular complexity index is 966. The molecule has 2 N–H and O–H groups in total. The van der Waals surface area contributed by atoms with Gasteiger partial charge in [-0.3, -0.25) is 14.2 Å². The second-order valence-electron chi connectivity index (χ2n) is 5.58. The normalized spacial score (nSPS) is 11.4. The topological polar surface area (TPSA) is 73.3 Å². The largest absolute Gasteiger partial charge is 0.364 e. The summed E-state index contributed by atoms with van der Waals surface area (Å²) in [5.41, 5.74) is 5.51. The first-order valence-electron chi connectivity index (χ1n) is 7.13. The van der Waals surface area contributed by atoms with E-state index in [0.717, 1.165) is 6.07 Å². The van der Waals surface area contributed by atoms with E-state index in [1.54, 1.807) is 0 Å². The fourth-order valence-corrected chi connectivity index (χ4v) is 2.65. The number of aromatic nitrogens is 3. The number of amides is 1. The highest BCUT2D eigenvalue weighted by Crippen LogP contribution is 2.30. The molecule has 0 unspecified atom stereocenters. The van der Waals surface area contributed by atoms with Gasteiger partial charge < -0.3 is 5.73 Å². The van der Waals surface area contributed by atoms with Crippen molar-refractivity contribution in [3.05, 3.63) is 53.4 Å². The van der Waals surface area contributed by atoms with Gasteiger partial charge in [-0.2, -0.15) is 0 Å². The molecular weight excluding hydrogens is 321 g/mol. The number of fused-ring (bicyclic) bond motifs is 1. The van der Waals surface area contributed by atoms with Crippen LogP contribution in [0.2, 0.25) is 0 Å². The molecule has 8 heteroatoms. The Kier molecular flexibility index (Phi) is 3.75. The number of rotatable bonds is 3. The van der Waals surface area contributed by atoms with Gasteiger partial charge in [-0.05, 0) is 12.0 Å². The minimum atomic E-state index is -1.33. The first-order chi connectivity index (χ1) is 11.3. The van der Waals surface area contributed by atoms with Crippen LogP contribution in [0.25, 0.3) is 16.9 Å². The van der Waals surface area contributed by atoms with Gasteiger partial charge in [-0.15, -0.1) is 0 Å². The van der Waals surface area contributed by atoms with Gasteiger partial charge in [0, 0.05) is 24.0 Å². The summed E-state index contributed by atoms with van der Waals surface area (Å²) in [6.07, 6.45) is 2.87. The molecule has 1 amide bonds. The van der Waals surface area contributed by atoms with Crippen LogP contribution in [-0.4, -0.2) is 20.3 Å². The van der Waals surface area contributed by atoms with Crippen LogP contribution in [0.5, 0.6) is 0 Å². The average molecular weight is 334 g/mol. The van der Waals surface area contributed by atoms with E-state index in [9.17, 15) is 18.0 Å². The van der Waals surface area contributed by atoms with E-state index in [1.165, 1.54) is 16.8 Å². The van der Waals surface area contributed by atoms with Crippen LogP contribution < -0.4 is 5.73 Å². The predicted molar refractivity (Wildman–Crippen MR) is 80.9 cm³/mol. The molecule has 1 aromatic carbocycles. The zero-order chi connectivity index (χ0) is 17.6. The summed E-state index contributed by atoms with van der Waals surface area (Å²) in [5.74, 6) is -4.39. The van der Waals surface area contributed by atoms with Crippen molar-refractivity contribution in [2.45, 2.75) is 19.8 Å². The van der Waals surface area contributed by atoms with Crippen LogP contribution in [0.1, 0.15) is 35.9 Å². The van der Waals surface area contributed by atoms with E-state index in [4.69, 9.17) is 5.73 Å². The van der Waals surface area contributed by atoms with Crippen molar-refractivity contribution in [2.24, 2.45) is 5.73 Å². The summed E-state index contributed by atoms with van der Waals surface area (Å²) in [6.45, 7) is 3.66. The number of halogens is 3. The Morgan fingerprint density at radius 3 is 2.58 bits per heavy atom. The summed E-state index contributed by atoms with van der Waals surface area (Å²) < 4.78 is 42.7. The Balaban J connectivity index is 2.40. The zero-order valence-corrected chi connectivity index (χ0v) is 12.8. The van der Waals surface area contributed by atoms with Crippen molar-refractivity contribution >= 4 is 11.6 Å². The molecule has 5 nitrogen and oxygen atoms in total. The van der Waals surface area contributed by atoms with Crippen molar-refractivity contribution in [1.82, 2.24) is 14.4 Å². The second kappa shape index (κ2) is 5.63. The van der Waals surface area contributed by atoms with Gasteiger partial charge in [0.05, 0.1) is 5.69 Å². The molecule has 0 bridgehead atoms. The first kappa shape index (κ1) is 16.0. The molecule has 0 aliphatic rings. The van der Waals surface area contributed by atoms with Gasteiger partial charge in [0.2, 0.25) is 0 Å². The van der Waals surface area contributed by atoms with Crippen LogP contribution in [0.3, 0.4) is 0 Å². The Morgan fingerprint density at radius 2 is 1.96 bits per heavy atom. The van der Waals surface area contributed by atoms with Crippen LogP contribution in [0, 0.1) is 17.5 Å². The monoisotopic (exact) mass is 334 g/mol. The van der Waals surface area contributed by atoms with Gasteiger partial charge in [-0.25, -0.2) is 18.2 Å². The zero-order valence-electron chi connectivity index (χ0n) is 12.8. The summed E-state index contributed by atoms with van der Waals surface area (Å²) in [4.78, 5) is 19.8. The summed E-state index contributed by atoms with van der Waals surface area (Å²) in [5, 5.41) is 0. The molecule has 0 radical (unpaired) electrons. The summed E-state index contributed by atoms with van der Waals surface area (Å²) in [6, 6.07) is 1.27. The predicted octanol–water partition coefficient (Wildman–Crippen LogP) is 3.04. The van der Waals surface area contributed by atoms with E-state index in [0.29, 0.717) is 11.8 Å². The van der Waals surface area contributed by atoms with Crippen LogP contribution >= 0.6 is 0 Å². The summed E-state index contributed by atoms with van der Waals surface area (Å²) >= 11 is 0. The van der Waals surface area contributed by atoms with Crippen molar-refractivity contribution in [2.75, 3.05) is 0 Å². The number of nitrogens with zero attached hydrogens (tertiary/aromatic N) is 3. The number of hydrogen-bond acceptors (Lipinski definition) is 3. The van der Waals surface area contributed by atoms with Crippen molar-refractivity contribution in [3.8, 4) is 11.3 Å². The van der Waals surface area contributed by atoms with Crippen molar-refractivity contribution in [3.63, 3.8) is 0 Å². The average Bonchev–Trinajstić information content (AvgIpc) is 2.90. The number of imidazole rings is 1. The van der Waals surface area contributed by atoms with Gasteiger partial charge in [0.15, 0.2) is 23.0 Å². The maximum atomic E-state index is 14.1. The minimum Gasteiger partial charge on any atom is -0.364 e. The quantitative estimate of drug-likeness (QED) is 0.748. The molecule has 2 heterocycles. The van der Waals surface area contributed by atoms with Gasteiger partial charge in [-0.1, -0.05) is 13.8 Å². The third-order valence-corrected chi connectivity index (χ3v) is 3.61. The Labute approximate surface area is 135 Å². The lowest BCUT2D eigenvalue weighted by Crippen LogP contribution is -2.15. The molecule has 0 fully saturated rings. The highest BCUT2D eigenvalue weighted by Gasteiger charge is 2.23. The molecule has 2 aromatic heterocycles. The van der Waals surface area contributed by atoms with Crippen molar-refractivity contribution in [1.29, 1.82) is 0 Å². The number of benzene rings is 1. The van der Waals surface area contributed by atoms with Gasteiger partial charge >= 0.3 is 0 Å². The molecule has 0 spiro atoms. The molecule has 24 heavy (non-hydrogen) atoms. The molecule has 0 atom stereocenters. The molecule has 0 saturated heterocycles. The van der Waals surface area contributed by atoms with Gasteiger partial charge in [0.1, 0.15) is 11.5 Å². The minimum absolute atomic E-state index is 0.0107. The van der Waals surface area contributed by atoms with E-state index in [-0.39, 0.29) is 28.5 Å². The fourth-order valence-electron chi connectivity index (χ4n) is 2.65. The molecule has 0 aliphatic heterocycles. The third-order valence-electron chi connectivity index (χ3n) is 3.61. The number of carbonyl (C=O) groups excluding carboxylic acids is 1. The maximum absolute atomic E-state index is 14.1. The summed E-state index contributed by atoms with van der Waals surface area (Å²) in [7, 11) is 0. The highest BCUT2D eigenvalue weighted by molar-refractivity contribution is 5.94. The lowest BCUT2D eigenvalue weighted by atomic mass is 10.1. The number of primary amides is 1. The van der Waals surface area contributed by atoms with Crippen molar-refractivity contribution < 1.29 is 18.0 Å². The van der Waals surface area contributed by atoms with Crippen LogP contribution in [0.15, 0.2) is 24.5 Å². The highest BCUT2D eigenvalue weighted by atomic mass is 19.2. The standard InChI is InChI=1S/C16H13F3N4O/c1-7(2)14-13(15(20)24)22-16-12(21-3-4-23(14)16)9-5-8(17)6-10(18)11(9)19/h3-7H,1-2H3,(H2,20,24). The number of nitrogens with two attached hydrogens (primary N) is 1. The number of hydrogen-bond donors (Lipinski definition) is 1. The SMILES string of the molecule is CC(C)c1c(C(N)=O)nc2c(-c3cc(F)cc(F)c3F)nccn12. The first-order valence-corrected chi connectivity index (χ1v) is 7.13. The number of carbonyl (C=O) groups is 1. The van der Waals surface area contributed by atoms with Gasteiger partial charge in [0.25, 0.3) is 5.91 Å². The third kappa shape index (κ3) is 2.40. The molecule has 3 aromatic rings. The second-order valence-corrected chi connectivity index (χ2v) is 5.58. The van der Waals surface area contributed by atoms with E-state index >= 15 is 0 Å². The van der Waals surface area contributed by atoms with E-state index < -0.39 is 23.4 Å². The van der Waals surface area contributed by atoms with Crippen LogP contribution in [0.4, 0.5) is 13.2 Å². The lowest BCUT2D eigenvalue weighted by molar-refractivity contribution is 0.0994. The Morgan fingerprint density at radius 1 is 1.25 bits per heavy atom. The fraction of sp³-hybridized carbons (Fsp3) is 0.188. The van der Waals surface area contributed by atoms with E-state index in [1.807, 2.05) is 13.8 Å². The molecule has 0 aliphatic carbocycles. The molecular formula is C16H13F3N4O. The molecule has 0 saturated carbocycles. The smallest absolute Gasteiger partial charge is 0.269 e. The molecule has 3 rings (SSSR count). The maximum Gasteiger partial charge on any atom is 0.269 e. The molecule has 124 valence electrons.